The van der Waals surface area contributed by atoms with Crippen LogP contribution in [0.4, 0.5) is 5.69 Å². The predicted octanol–water partition coefficient (Wildman–Crippen LogP) is 6.29. The molecule has 2 aromatic heterocycles. The van der Waals surface area contributed by atoms with Crippen molar-refractivity contribution in [3.63, 3.8) is 0 Å². The summed E-state index contributed by atoms with van der Waals surface area (Å²) in [5.41, 5.74) is 4.18. The molecule has 148 valence electrons. The molecule has 5 heteroatoms. The molecule has 0 aliphatic carbocycles. The smallest absolute Gasteiger partial charge is 0.205 e. The third kappa shape index (κ3) is 3.94. The number of halogens is 1. The lowest BCUT2D eigenvalue weighted by molar-refractivity contribution is 0.448. The van der Waals surface area contributed by atoms with Crippen LogP contribution in [0.1, 0.15) is 31.9 Å². The molecule has 0 radical (unpaired) electrons. The maximum Gasteiger partial charge on any atom is 0.205 e. The number of nitrogens with one attached hydrogen (secondary N) is 1. The number of fused-ring (bicyclic) bond motifs is 1. The molecular weight excluding hydrogens is 382 g/mol. The molecule has 4 nitrogen and oxygen atoms in total. The molecule has 0 aliphatic rings. The van der Waals surface area contributed by atoms with Gasteiger partial charge in [-0.05, 0) is 46.9 Å². The van der Waals surface area contributed by atoms with Gasteiger partial charge in [-0.15, -0.1) is 0 Å². The van der Waals surface area contributed by atoms with Crippen molar-refractivity contribution in [1.82, 2.24) is 9.55 Å². The number of nitrogens with zero attached hydrogens (tertiary/aromatic N) is 2. The molecule has 0 aliphatic heterocycles. The van der Waals surface area contributed by atoms with Crippen molar-refractivity contribution >= 4 is 28.1 Å². The zero-order valence-corrected chi connectivity index (χ0v) is 17.5. The molecule has 0 spiro atoms. The molecule has 2 aromatic carbocycles. The topological polar surface area (TPSA) is 50.1 Å². The lowest BCUT2D eigenvalue weighted by Crippen LogP contribution is -2.10. The number of anilines is 1. The molecule has 0 unspecified atom stereocenters. The van der Waals surface area contributed by atoms with E-state index in [1.807, 2.05) is 53.2 Å². The number of aromatic hydroxyl groups is 1. The summed E-state index contributed by atoms with van der Waals surface area (Å²) in [7, 11) is 0. The van der Waals surface area contributed by atoms with Gasteiger partial charge in [0.2, 0.25) is 5.88 Å². The molecule has 0 saturated carbocycles. The second kappa shape index (κ2) is 7.45. The fourth-order valence-electron chi connectivity index (χ4n) is 3.46. The summed E-state index contributed by atoms with van der Waals surface area (Å²) in [6.07, 6.45) is 3.65. The fourth-order valence-corrected chi connectivity index (χ4v) is 3.66. The molecule has 0 amide bonds. The standard InChI is InChI=1S/C24H24ClN3O/c1-24(2,3)18-7-9-19(10-8-18)28-15-17-5-4-6-20(22(17)23(28)29)27-14-16-11-12-26-21(25)13-16/h4-13,15,27,29H,14H2,1-3H3. The minimum absolute atomic E-state index is 0.0922. The van der Waals surface area contributed by atoms with E-state index >= 15 is 0 Å². The first-order valence-electron chi connectivity index (χ1n) is 9.61. The first-order valence-corrected chi connectivity index (χ1v) is 9.99. The minimum atomic E-state index is 0.0922. The molecule has 2 heterocycles. The van der Waals surface area contributed by atoms with Crippen molar-refractivity contribution in [3.05, 3.63) is 83.3 Å². The van der Waals surface area contributed by atoms with Gasteiger partial charge in [0.05, 0.1) is 5.39 Å². The number of aromatic nitrogens is 2. The van der Waals surface area contributed by atoms with Crippen LogP contribution in [-0.2, 0) is 12.0 Å². The molecule has 4 rings (SSSR count). The molecule has 0 saturated heterocycles. The zero-order valence-electron chi connectivity index (χ0n) is 16.8. The Bertz CT molecular complexity index is 1160. The fraction of sp³-hybridized carbons (Fsp3) is 0.208. The van der Waals surface area contributed by atoms with Crippen molar-refractivity contribution in [2.45, 2.75) is 32.7 Å². The van der Waals surface area contributed by atoms with E-state index in [-0.39, 0.29) is 11.3 Å². The SMILES string of the molecule is CC(C)(C)c1ccc(-n2cc3cccc(NCc4ccnc(Cl)c4)c3c2O)cc1. The van der Waals surface area contributed by atoms with Crippen LogP contribution in [0, 0.1) is 0 Å². The number of pyridine rings is 1. The van der Waals surface area contributed by atoms with Gasteiger partial charge in [-0.25, -0.2) is 4.98 Å². The Balaban J connectivity index is 1.68. The Morgan fingerprint density at radius 3 is 2.52 bits per heavy atom. The van der Waals surface area contributed by atoms with Gasteiger partial charge in [0, 0.05) is 35.7 Å². The van der Waals surface area contributed by atoms with Gasteiger partial charge in [0.1, 0.15) is 5.15 Å². The summed E-state index contributed by atoms with van der Waals surface area (Å²) in [6.45, 7) is 7.17. The van der Waals surface area contributed by atoms with E-state index in [2.05, 4.69) is 43.2 Å². The van der Waals surface area contributed by atoms with Gasteiger partial charge in [-0.1, -0.05) is 56.6 Å². The molecule has 0 bridgehead atoms. The highest BCUT2D eigenvalue weighted by atomic mass is 35.5. The van der Waals surface area contributed by atoms with E-state index in [0.717, 1.165) is 27.7 Å². The lowest BCUT2D eigenvalue weighted by atomic mass is 9.87. The average Bonchev–Trinajstić information content (AvgIpc) is 3.03. The van der Waals surface area contributed by atoms with Crippen LogP contribution in [0.15, 0.2) is 67.0 Å². The number of hydrogen-bond acceptors (Lipinski definition) is 3. The Hall–Kier alpha value is -2.98. The van der Waals surface area contributed by atoms with Crippen molar-refractivity contribution in [1.29, 1.82) is 0 Å². The van der Waals surface area contributed by atoms with Gasteiger partial charge >= 0.3 is 0 Å². The first-order chi connectivity index (χ1) is 13.8. The van der Waals surface area contributed by atoms with Gasteiger partial charge in [0.15, 0.2) is 0 Å². The van der Waals surface area contributed by atoms with Crippen molar-refractivity contribution in [3.8, 4) is 11.6 Å². The maximum atomic E-state index is 11.0. The predicted molar refractivity (Wildman–Crippen MR) is 120 cm³/mol. The van der Waals surface area contributed by atoms with Crippen molar-refractivity contribution in [2.75, 3.05) is 5.32 Å². The molecule has 2 N–H and O–H groups in total. The van der Waals surface area contributed by atoms with Crippen LogP contribution < -0.4 is 5.32 Å². The monoisotopic (exact) mass is 405 g/mol. The summed E-state index contributed by atoms with van der Waals surface area (Å²) in [5.74, 6) is 0.222. The second-order valence-electron chi connectivity index (χ2n) is 8.23. The summed E-state index contributed by atoms with van der Waals surface area (Å²) in [6, 6.07) is 18.0. The summed E-state index contributed by atoms with van der Waals surface area (Å²) >= 11 is 5.97. The second-order valence-corrected chi connectivity index (χ2v) is 8.62. The summed E-state index contributed by atoms with van der Waals surface area (Å²) in [5, 5.41) is 16.6. The summed E-state index contributed by atoms with van der Waals surface area (Å²) < 4.78 is 1.82. The quantitative estimate of drug-likeness (QED) is 0.392. The number of rotatable bonds is 4. The van der Waals surface area contributed by atoms with E-state index in [0.29, 0.717) is 11.7 Å². The van der Waals surface area contributed by atoms with Crippen LogP contribution in [0.2, 0.25) is 5.15 Å². The average molecular weight is 406 g/mol. The molecule has 0 fully saturated rings. The Kier molecular flexibility index (Phi) is 4.97. The highest BCUT2D eigenvalue weighted by molar-refractivity contribution is 6.29. The Morgan fingerprint density at radius 2 is 1.83 bits per heavy atom. The van der Waals surface area contributed by atoms with Crippen LogP contribution >= 0.6 is 11.6 Å². The highest BCUT2D eigenvalue weighted by Crippen LogP contribution is 2.36. The van der Waals surface area contributed by atoms with E-state index < -0.39 is 0 Å². The third-order valence-corrected chi connectivity index (χ3v) is 5.31. The number of hydrogen-bond donors (Lipinski definition) is 2. The van der Waals surface area contributed by atoms with Crippen LogP contribution in [0.5, 0.6) is 5.88 Å². The Labute approximate surface area is 175 Å². The molecule has 4 aromatic rings. The normalized spacial score (nSPS) is 11.7. The van der Waals surface area contributed by atoms with E-state index in [1.165, 1.54) is 5.56 Å². The van der Waals surface area contributed by atoms with Gasteiger partial charge in [-0.3, -0.25) is 4.57 Å². The lowest BCUT2D eigenvalue weighted by Gasteiger charge is -2.19. The minimum Gasteiger partial charge on any atom is -0.494 e. The Morgan fingerprint density at radius 1 is 1.07 bits per heavy atom. The van der Waals surface area contributed by atoms with Crippen LogP contribution in [-0.4, -0.2) is 14.7 Å². The maximum absolute atomic E-state index is 11.0. The van der Waals surface area contributed by atoms with Crippen LogP contribution in [0.3, 0.4) is 0 Å². The zero-order chi connectivity index (χ0) is 20.6. The molecule has 29 heavy (non-hydrogen) atoms. The van der Waals surface area contributed by atoms with Crippen molar-refractivity contribution in [2.24, 2.45) is 0 Å². The van der Waals surface area contributed by atoms with Gasteiger partial charge in [-0.2, -0.15) is 0 Å². The van der Waals surface area contributed by atoms with Gasteiger partial charge in [0.25, 0.3) is 0 Å². The number of benzene rings is 2. The van der Waals surface area contributed by atoms with Crippen molar-refractivity contribution < 1.29 is 5.11 Å². The van der Waals surface area contributed by atoms with Crippen LogP contribution in [0.25, 0.3) is 16.5 Å². The largest absolute Gasteiger partial charge is 0.494 e. The first kappa shape index (κ1) is 19.3. The summed E-state index contributed by atoms with van der Waals surface area (Å²) in [4.78, 5) is 4.01. The molecular formula is C24H24ClN3O. The third-order valence-electron chi connectivity index (χ3n) is 5.10. The van der Waals surface area contributed by atoms with E-state index in [4.69, 9.17) is 11.6 Å². The van der Waals surface area contributed by atoms with Gasteiger partial charge < -0.3 is 10.4 Å². The van der Waals surface area contributed by atoms with E-state index in [1.54, 1.807) is 6.20 Å². The molecule has 0 atom stereocenters. The highest BCUT2D eigenvalue weighted by Gasteiger charge is 2.16. The van der Waals surface area contributed by atoms with E-state index in [9.17, 15) is 5.11 Å².